The van der Waals surface area contributed by atoms with Crippen LogP contribution in [-0.2, 0) is 6.54 Å². The molecule has 2 aromatic rings. The Morgan fingerprint density at radius 1 is 1.40 bits per heavy atom. The Kier molecular flexibility index (Phi) is 4.65. The molecule has 2 rings (SSSR count). The third-order valence-corrected chi connectivity index (χ3v) is 2.89. The summed E-state index contributed by atoms with van der Waals surface area (Å²) in [6.45, 7) is -0.137. The topological polar surface area (TPSA) is 65.1 Å². The van der Waals surface area contributed by atoms with Gasteiger partial charge in [-0.05, 0) is 24.6 Å². The molecule has 0 fully saturated rings. The van der Waals surface area contributed by atoms with Crippen LogP contribution < -0.4 is 16.0 Å². The van der Waals surface area contributed by atoms with Crippen molar-refractivity contribution in [1.82, 2.24) is 15.2 Å². The molecule has 0 saturated carbocycles. The Bertz CT molecular complexity index is 559. The minimum absolute atomic E-state index is 0.0978. The highest BCUT2D eigenvalue weighted by atomic mass is 19.3. The lowest BCUT2D eigenvalue weighted by atomic mass is 10.0. The fourth-order valence-electron chi connectivity index (χ4n) is 1.96. The second kappa shape index (κ2) is 6.44. The first kappa shape index (κ1) is 14.4. The molecule has 5 nitrogen and oxygen atoms in total. The molecular formula is C13H16F2N4O. The molecule has 0 bridgehead atoms. The van der Waals surface area contributed by atoms with Crippen LogP contribution in [0, 0.1) is 0 Å². The maximum Gasteiger partial charge on any atom is 0.387 e. The van der Waals surface area contributed by atoms with E-state index in [2.05, 4.69) is 15.3 Å². The van der Waals surface area contributed by atoms with E-state index in [-0.39, 0.29) is 11.8 Å². The van der Waals surface area contributed by atoms with Gasteiger partial charge in [-0.2, -0.15) is 13.9 Å². The highest BCUT2D eigenvalue weighted by Gasteiger charge is 2.15. The van der Waals surface area contributed by atoms with Crippen molar-refractivity contribution < 1.29 is 13.5 Å². The summed E-state index contributed by atoms with van der Waals surface area (Å²) in [5.41, 5.74) is 4.23. The first-order chi connectivity index (χ1) is 9.63. The quantitative estimate of drug-likeness (QED) is 0.628. The molecule has 7 heteroatoms. The van der Waals surface area contributed by atoms with E-state index in [1.165, 1.54) is 12.1 Å². The number of nitrogens with two attached hydrogens (primary N) is 1. The monoisotopic (exact) mass is 282 g/mol. The van der Waals surface area contributed by atoms with E-state index < -0.39 is 6.61 Å². The van der Waals surface area contributed by atoms with Crippen LogP contribution in [0.1, 0.15) is 24.1 Å². The van der Waals surface area contributed by atoms with Crippen molar-refractivity contribution in [1.29, 1.82) is 0 Å². The number of aryl methyl sites for hydroxylation is 1. The van der Waals surface area contributed by atoms with Gasteiger partial charge in [-0.3, -0.25) is 10.5 Å². The zero-order valence-corrected chi connectivity index (χ0v) is 11.0. The van der Waals surface area contributed by atoms with E-state index in [1.54, 1.807) is 23.0 Å². The van der Waals surface area contributed by atoms with E-state index in [1.807, 2.05) is 13.1 Å². The van der Waals surface area contributed by atoms with Gasteiger partial charge < -0.3 is 4.74 Å². The number of rotatable bonds is 6. The number of nitrogens with one attached hydrogen (secondary N) is 1. The van der Waals surface area contributed by atoms with Crippen LogP contribution in [0.4, 0.5) is 8.78 Å². The van der Waals surface area contributed by atoms with Gasteiger partial charge >= 0.3 is 6.61 Å². The second-order valence-corrected chi connectivity index (χ2v) is 4.18. The van der Waals surface area contributed by atoms with Gasteiger partial charge in [0, 0.05) is 18.3 Å². The summed E-state index contributed by atoms with van der Waals surface area (Å²) in [4.78, 5) is 0. The zero-order chi connectivity index (χ0) is 14.5. The van der Waals surface area contributed by atoms with Gasteiger partial charge in [-0.15, -0.1) is 0 Å². The largest absolute Gasteiger partial charge is 0.435 e. The molecule has 1 heterocycles. The summed E-state index contributed by atoms with van der Waals surface area (Å²) >= 11 is 0. The Balaban J connectivity index is 2.26. The smallest absolute Gasteiger partial charge is 0.387 e. The molecule has 20 heavy (non-hydrogen) atoms. The van der Waals surface area contributed by atoms with Gasteiger partial charge in [-0.1, -0.05) is 12.1 Å². The molecule has 1 atom stereocenters. The van der Waals surface area contributed by atoms with E-state index in [9.17, 15) is 8.78 Å². The van der Waals surface area contributed by atoms with Gasteiger partial charge in [0.25, 0.3) is 0 Å². The first-order valence-corrected chi connectivity index (χ1v) is 6.17. The van der Waals surface area contributed by atoms with Crippen LogP contribution in [0.5, 0.6) is 5.75 Å². The fourth-order valence-corrected chi connectivity index (χ4v) is 1.96. The molecule has 108 valence electrons. The van der Waals surface area contributed by atoms with Gasteiger partial charge in [0.1, 0.15) is 5.75 Å². The highest BCUT2D eigenvalue weighted by molar-refractivity contribution is 5.35. The number of nitrogens with zero attached hydrogens (tertiary/aromatic N) is 2. The van der Waals surface area contributed by atoms with E-state index in [0.29, 0.717) is 0 Å². The van der Waals surface area contributed by atoms with E-state index in [0.717, 1.165) is 17.7 Å². The Labute approximate surface area is 115 Å². The normalized spacial score (nSPS) is 12.7. The van der Waals surface area contributed by atoms with Crippen LogP contribution in [-0.4, -0.2) is 16.4 Å². The number of ether oxygens (including phenoxy) is 1. The van der Waals surface area contributed by atoms with E-state index in [4.69, 9.17) is 5.84 Å². The van der Waals surface area contributed by atoms with Crippen molar-refractivity contribution in [2.75, 3.05) is 0 Å². The molecule has 0 spiro atoms. The van der Waals surface area contributed by atoms with Crippen LogP contribution in [0.25, 0.3) is 0 Å². The Hall–Kier alpha value is -1.99. The summed E-state index contributed by atoms with van der Waals surface area (Å²) < 4.78 is 30.6. The molecule has 0 aliphatic carbocycles. The molecule has 0 saturated heterocycles. The maximum absolute atomic E-state index is 12.2. The summed E-state index contributed by atoms with van der Waals surface area (Å²) in [6.07, 6.45) is 3.54. The van der Waals surface area contributed by atoms with E-state index >= 15 is 0 Å². The Morgan fingerprint density at radius 2 is 2.20 bits per heavy atom. The van der Waals surface area contributed by atoms with Crippen molar-refractivity contribution in [2.24, 2.45) is 5.84 Å². The minimum Gasteiger partial charge on any atom is -0.435 e. The molecule has 0 amide bonds. The standard InChI is InChI=1S/C13H16F2N4O/c1-2-19-8-10(7-17-19)12(18-16)9-4-3-5-11(6-9)20-13(14)15/h3-8,12-13,18H,2,16H2,1H3. The van der Waals surface area contributed by atoms with Gasteiger partial charge in [-0.25, -0.2) is 5.43 Å². The number of hydrazine groups is 1. The number of benzene rings is 1. The maximum atomic E-state index is 12.2. The number of hydrogen-bond acceptors (Lipinski definition) is 4. The number of halogens is 2. The second-order valence-electron chi connectivity index (χ2n) is 4.18. The fraction of sp³-hybridized carbons (Fsp3) is 0.308. The summed E-state index contributed by atoms with van der Waals surface area (Å²) in [7, 11) is 0. The zero-order valence-electron chi connectivity index (χ0n) is 11.0. The first-order valence-electron chi connectivity index (χ1n) is 6.17. The number of hydrogen-bond donors (Lipinski definition) is 2. The van der Waals surface area contributed by atoms with Crippen molar-refractivity contribution in [3.05, 3.63) is 47.8 Å². The average molecular weight is 282 g/mol. The molecule has 1 aromatic carbocycles. The van der Waals surface area contributed by atoms with Crippen LogP contribution >= 0.6 is 0 Å². The van der Waals surface area contributed by atoms with Crippen LogP contribution in [0.3, 0.4) is 0 Å². The highest BCUT2D eigenvalue weighted by Crippen LogP contribution is 2.25. The van der Waals surface area contributed by atoms with Crippen molar-refractivity contribution in [3.63, 3.8) is 0 Å². The molecular weight excluding hydrogens is 266 g/mol. The summed E-state index contributed by atoms with van der Waals surface area (Å²) in [5.74, 6) is 5.66. The molecule has 1 unspecified atom stereocenters. The number of aromatic nitrogens is 2. The molecule has 0 aliphatic heterocycles. The lowest BCUT2D eigenvalue weighted by Gasteiger charge is -2.15. The predicted octanol–water partition coefficient (Wildman–Crippen LogP) is 2.06. The number of alkyl halides is 2. The third-order valence-electron chi connectivity index (χ3n) is 2.89. The summed E-state index contributed by atoms with van der Waals surface area (Å²) in [6, 6.07) is 6.09. The molecule has 0 aliphatic rings. The Morgan fingerprint density at radius 3 is 2.80 bits per heavy atom. The van der Waals surface area contributed by atoms with Crippen LogP contribution in [0.15, 0.2) is 36.7 Å². The molecule has 1 aromatic heterocycles. The summed E-state index contributed by atoms with van der Waals surface area (Å²) in [5, 5.41) is 4.17. The van der Waals surface area contributed by atoms with Gasteiger partial charge in [0.15, 0.2) is 0 Å². The van der Waals surface area contributed by atoms with Gasteiger partial charge in [0.05, 0.1) is 12.2 Å². The minimum atomic E-state index is -2.85. The van der Waals surface area contributed by atoms with Crippen molar-refractivity contribution >= 4 is 0 Å². The lowest BCUT2D eigenvalue weighted by molar-refractivity contribution is -0.0498. The molecule has 0 radical (unpaired) electrons. The average Bonchev–Trinajstić information content (AvgIpc) is 2.88. The SMILES string of the molecule is CCn1cc(C(NN)c2cccc(OC(F)F)c2)cn1. The lowest BCUT2D eigenvalue weighted by Crippen LogP contribution is -2.28. The van der Waals surface area contributed by atoms with Crippen molar-refractivity contribution in [3.8, 4) is 5.75 Å². The van der Waals surface area contributed by atoms with Crippen molar-refractivity contribution in [2.45, 2.75) is 26.1 Å². The van der Waals surface area contributed by atoms with Gasteiger partial charge in [0.2, 0.25) is 0 Å². The van der Waals surface area contributed by atoms with Crippen LogP contribution in [0.2, 0.25) is 0 Å². The predicted molar refractivity (Wildman–Crippen MR) is 70.1 cm³/mol. The molecule has 3 N–H and O–H groups in total. The third kappa shape index (κ3) is 3.31.